The lowest BCUT2D eigenvalue weighted by atomic mass is 10.1. The summed E-state index contributed by atoms with van der Waals surface area (Å²) in [5.41, 5.74) is 5.24. The van der Waals surface area contributed by atoms with Crippen LogP contribution >= 0.6 is 0 Å². The Morgan fingerprint density at radius 1 is 1.67 bits per heavy atom. The first kappa shape index (κ1) is 8.01. The highest BCUT2D eigenvalue weighted by atomic mass is 16.4. The molecule has 60 valence electrons. The summed E-state index contributed by atoms with van der Waals surface area (Å²) in [4.78, 5) is 14.0. The molecule has 1 aromatic heterocycles. The van der Waals surface area contributed by atoms with E-state index >= 15 is 0 Å². The largest absolute Gasteiger partial charge is 0.478 e. The summed E-state index contributed by atoms with van der Waals surface area (Å²) in [5, 5.41) is 17.0. The molecule has 0 saturated carbocycles. The first-order valence-corrected chi connectivity index (χ1v) is 3.03. The molecule has 0 aliphatic carbocycles. The molecule has 0 bridgehead atoms. The summed E-state index contributed by atoms with van der Waals surface area (Å²) in [6, 6.07) is 1.74. The standard InChI is InChI=1S/C7H5N3O2/c8-1-4-2-10-3-5(6(4)9)7(11)12/h2-3H,(H2,9,10)(H,11,12). The Balaban J connectivity index is 3.35. The van der Waals surface area contributed by atoms with Crippen molar-refractivity contribution in [2.24, 2.45) is 0 Å². The molecule has 5 nitrogen and oxygen atoms in total. The van der Waals surface area contributed by atoms with Crippen molar-refractivity contribution in [3.05, 3.63) is 23.5 Å². The van der Waals surface area contributed by atoms with Crippen molar-refractivity contribution in [3.63, 3.8) is 0 Å². The maximum atomic E-state index is 10.5. The second-order valence-electron chi connectivity index (χ2n) is 2.07. The summed E-state index contributed by atoms with van der Waals surface area (Å²) >= 11 is 0. The van der Waals surface area contributed by atoms with E-state index in [0.29, 0.717) is 0 Å². The van der Waals surface area contributed by atoms with E-state index in [1.54, 1.807) is 6.07 Å². The van der Waals surface area contributed by atoms with E-state index < -0.39 is 5.97 Å². The average molecular weight is 163 g/mol. The molecular formula is C7H5N3O2. The van der Waals surface area contributed by atoms with Gasteiger partial charge in [0.15, 0.2) is 0 Å². The lowest BCUT2D eigenvalue weighted by Crippen LogP contribution is -2.04. The van der Waals surface area contributed by atoms with Gasteiger partial charge in [-0.15, -0.1) is 0 Å². The molecule has 0 aliphatic heterocycles. The van der Waals surface area contributed by atoms with Crippen LogP contribution in [0.15, 0.2) is 12.4 Å². The Morgan fingerprint density at radius 3 is 2.83 bits per heavy atom. The highest BCUT2D eigenvalue weighted by molar-refractivity contribution is 5.94. The number of pyridine rings is 1. The smallest absolute Gasteiger partial charge is 0.339 e. The second-order valence-corrected chi connectivity index (χ2v) is 2.07. The third-order valence-electron chi connectivity index (χ3n) is 1.34. The quantitative estimate of drug-likeness (QED) is 0.617. The number of hydrogen-bond acceptors (Lipinski definition) is 4. The molecule has 0 aliphatic rings. The lowest BCUT2D eigenvalue weighted by molar-refractivity contribution is 0.0697. The summed E-state index contributed by atoms with van der Waals surface area (Å²) in [5.74, 6) is -1.18. The van der Waals surface area contributed by atoms with E-state index in [-0.39, 0.29) is 16.8 Å². The Labute approximate surface area is 68.1 Å². The third kappa shape index (κ3) is 1.18. The number of nitriles is 1. The van der Waals surface area contributed by atoms with Crippen LogP contribution in [-0.2, 0) is 0 Å². The Bertz CT molecular complexity index is 367. The van der Waals surface area contributed by atoms with Gasteiger partial charge < -0.3 is 10.8 Å². The average Bonchev–Trinajstić information content (AvgIpc) is 2.04. The summed E-state index contributed by atoms with van der Waals surface area (Å²) < 4.78 is 0. The number of carboxylic acids is 1. The van der Waals surface area contributed by atoms with Gasteiger partial charge in [0.2, 0.25) is 0 Å². The van der Waals surface area contributed by atoms with Crippen molar-refractivity contribution in [1.82, 2.24) is 4.98 Å². The molecule has 0 saturated heterocycles. The predicted molar refractivity (Wildman–Crippen MR) is 40.3 cm³/mol. The normalized spacial score (nSPS) is 8.92. The van der Waals surface area contributed by atoms with Gasteiger partial charge >= 0.3 is 5.97 Å². The van der Waals surface area contributed by atoms with E-state index in [0.717, 1.165) is 6.20 Å². The molecule has 0 fully saturated rings. The number of aromatic nitrogens is 1. The van der Waals surface area contributed by atoms with Crippen molar-refractivity contribution in [2.45, 2.75) is 0 Å². The van der Waals surface area contributed by atoms with Gasteiger partial charge in [0, 0.05) is 12.4 Å². The van der Waals surface area contributed by atoms with E-state index in [2.05, 4.69) is 4.98 Å². The van der Waals surface area contributed by atoms with Crippen LogP contribution in [0.1, 0.15) is 15.9 Å². The first-order chi connectivity index (χ1) is 5.66. The predicted octanol–water partition coefficient (Wildman–Crippen LogP) is 0.234. The molecule has 0 unspecified atom stereocenters. The fraction of sp³-hybridized carbons (Fsp3) is 0. The number of nitrogens with two attached hydrogens (primary N) is 1. The fourth-order valence-corrected chi connectivity index (χ4v) is 0.730. The molecule has 1 aromatic rings. The molecule has 1 rings (SSSR count). The molecular weight excluding hydrogens is 158 g/mol. The highest BCUT2D eigenvalue weighted by Crippen LogP contribution is 2.14. The van der Waals surface area contributed by atoms with Gasteiger partial charge in [-0.05, 0) is 0 Å². The van der Waals surface area contributed by atoms with Gasteiger partial charge in [-0.25, -0.2) is 4.79 Å². The molecule has 5 heteroatoms. The minimum atomic E-state index is -1.18. The lowest BCUT2D eigenvalue weighted by Gasteiger charge is -1.99. The summed E-state index contributed by atoms with van der Waals surface area (Å²) in [6.07, 6.45) is 2.33. The van der Waals surface area contributed by atoms with E-state index in [1.165, 1.54) is 6.20 Å². The van der Waals surface area contributed by atoms with Crippen LogP contribution < -0.4 is 5.73 Å². The monoisotopic (exact) mass is 163 g/mol. The number of carboxylic acid groups (broad SMARTS) is 1. The van der Waals surface area contributed by atoms with Crippen LogP contribution in [0, 0.1) is 11.3 Å². The minimum Gasteiger partial charge on any atom is -0.478 e. The molecule has 0 spiro atoms. The van der Waals surface area contributed by atoms with Crippen molar-refractivity contribution >= 4 is 11.7 Å². The van der Waals surface area contributed by atoms with Gasteiger partial charge in [-0.2, -0.15) is 5.26 Å². The maximum absolute atomic E-state index is 10.5. The number of nitrogen functional groups attached to an aromatic ring is 1. The highest BCUT2D eigenvalue weighted by Gasteiger charge is 2.10. The summed E-state index contributed by atoms with van der Waals surface area (Å²) in [6.45, 7) is 0. The van der Waals surface area contributed by atoms with Crippen molar-refractivity contribution in [3.8, 4) is 6.07 Å². The molecule has 0 radical (unpaired) electrons. The zero-order chi connectivity index (χ0) is 9.14. The number of hydrogen-bond donors (Lipinski definition) is 2. The first-order valence-electron chi connectivity index (χ1n) is 3.03. The van der Waals surface area contributed by atoms with Gasteiger partial charge in [-0.1, -0.05) is 0 Å². The van der Waals surface area contributed by atoms with Crippen LogP contribution in [0.2, 0.25) is 0 Å². The van der Waals surface area contributed by atoms with Gasteiger partial charge in [0.25, 0.3) is 0 Å². The van der Waals surface area contributed by atoms with E-state index in [9.17, 15) is 4.79 Å². The van der Waals surface area contributed by atoms with Crippen LogP contribution in [0.4, 0.5) is 5.69 Å². The Morgan fingerprint density at radius 2 is 2.33 bits per heavy atom. The van der Waals surface area contributed by atoms with Gasteiger partial charge in [0.1, 0.15) is 11.6 Å². The van der Waals surface area contributed by atoms with Crippen LogP contribution in [0.25, 0.3) is 0 Å². The number of carbonyl (C=O) groups is 1. The topological polar surface area (TPSA) is 100 Å². The number of nitrogens with zero attached hydrogens (tertiary/aromatic N) is 2. The Hall–Kier alpha value is -2.09. The SMILES string of the molecule is N#Cc1cncc(C(=O)O)c1N. The van der Waals surface area contributed by atoms with Crippen LogP contribution in [0.5, 0.6) is 0 Å². The fourth-order valence-electron chi connectivity index (χ4n) is 0.730. The molecule has 0 amide bonds. The molecule has 12 heavy (non-hydrogen) atoms. The zero-order valence-electron chi connectivity index (χ0n) is 5.98. The maximum Gasteiger partial charge on any atom is 0.339 e. The minimum absolute atomic E-state index is 0.0417. The van der Waals surface area contributed by atoms with Gasteiger partial charge in [-0.3, -0.25) is 4.98 Å². The second kappa shape index (κ2) is 2.88. The number of aromatic carboxylic acids is 1. The van der Waals surface area contributed by atoms with E-state index in [1.807, 2.05) is 0 Å². The summed E-state index contributed by atoms with van der Waals surface area (Å²) in [7, 11) is 0. The molecule has 0 aromatic carbocycles. The Kier molecular flexibility index (Phi) is 1.92. The number of rotatable bonds is 1. The molecule has 0 atom stereocenters. The van der Waals surface area contributed by atoms with Gasteiger partial charge in [0.05, 0.1) is 11.3 Å². The van der Waals surface area contributed by atoms with Crippen molar-refractivity contribution in [2.75, 3.05) is 5.73 Å². The third-order valence-corrected chi connectivity index (χ3v) is 1.34. The molecule has 1 heterocycles. The van der Waals surface area contributed by atoms with Crippen molar-refractivity contribution < 1.29 is 9.90 Å². The van der Waals surface area contributed by atoms with Crippen molar-refractivity contribution in [1.29, 1.82) is 5.26 Å². The zero-order valence-corrected chi connectivity index (χ0v) is 5.98. The number of anilines is 1. The van der Waals surface area contributed by atoms with Crippen LogP contribution in [0.3, 0.4) is 0 Å². The van der Waals surface area contributed by atoms with E-state index in [4.69, 9.17) is 16.1 Å². The van der Waals surface area contributed by atoms with Crippen LogP contribution in [-0.4, -0.2) is 16.1 Å². The molecule has 3 N–H and O–H groups in total.